The van der Waals surface area contributed by atoms with Crippen LogP contribution in [0.25, 0.3) is 0 Å². The number of imide groups is 1. The maximum atomic E-state index is 11.1. The first kappa shape index (κ1) is 13.0. The van der Waals surface area contributed by atoms with Gasteiger partial charge in [0.15, 0.2) is 6.61 Å². The first-order chi connectivity index (χ1) is 8.13. The van der Waals surface area contributed by atoms with Crippen LogP contribution in [0.1, 0.15) is 5.56 Å². The van der Waals surface area contributed by atoms with Gasteiger partial charge >= 0.3 is 6.03 Å². The lowest BCUT2D eigenvalue weighted by atomic mass is 10.1. The average molecular weight is 238 g/mol. The predicted octanol–water partition coefficient (Wildman–Crippen LogP) is -0.205. The predicted molar refractivity (Wildman–Crippen MR) is 60.5 cm³/mol. The second-order valence-corrected chi connectivity index (χ2v) is 3.28. The number of urea groups is 1. The summed E-state index contributed by atoms with van der Waals surface area (Å²) in [5.74, 6) is -0.113. The van der Waals surface area contributed by atoms with Crippen LogP contribution in [0, 0.1) is 0 Å². The molecular formula is C11H14N2O4. The highest BCUT2D eigenvalue weighted by Crippen LogP contribution is 2.17. The lowest BCUT2D eigenvalue weighted by Gasteiger charge is -2.09. The van der Waals surface area contributed by atoms with Crippen molar-refractivity contribution in [3.63, 3.8) is 0 Å². The van der Waals surface area contributed by atoms with Crippen molar-refractivity contribution in [3.8, 4) is 5.75 Å². The molecule has 0 heterocycles. The highest BCUT2D eigenvalue weighted by atomic mass is 16.5. The summed E-state index contributed by atoms with van der Waals surface area (Å²) in [7, 11) is 0. The van der Waals surface area contributed by atoms with Crippen LogP contribution in [0.2, 0.25) is 0 Å². The number of rotatable bonds is 5. The normalized spacial score (nSPS) is 9.71. The number of hydrogen-bond acceptors (Lipinski definition) is 4. The summed E-state index contributed by atoms with van der Waals surface area (Å²) in [6, 6.07) is 6.12. The molecule has 0 atom stereocenters. The summed E-state index contributed by atoms with van der Waals surface area (Å²) in [6.07, 6.45) is 0.438. The van der Waals surface area contributed by atoms with Crippen molar-refractivity contribution in [2.75, 3.05) is 13.2 Å². The van der Waals surface area contributed by atoms with Gasteiger partial charge in [-0.25, -0.2) is 4.79 Å². The Kier molecular flexibility index (Phi) is 4.96. The third kappa shape index (κ3) is 4.52. The first-order valence-corrected chi connectivity index (χ1v) is 5.04. The average Bonchev–Trinajstić information content (AvgIpc) is 2.27. The Balaban J connectivity index is 2.56. The van der Waals surface area contributed by atoms with Crippen molar-refractivity contribution in [2.24, 2.45) is 5.73 Å². The van der Waals surface area contributed by atoms with E-state index in [0.717, 1.165) is 5.56 Å². The molecule has 1 aromatic carbocycles. The van der Waals surface area contributed by atoms with Gasteiger partial charge in [-0.3, -0.25) is 10.1 Å². The van der Waals surface area contributed by atoms with E-state index >= 15 is 0 Å². The van der Waals surface area contributed by atoms with Gasteiger partial charge in [0.2, 0.25) is 0 Å². The third-order valence-electron chi connectivity index (χ3n) is 1.98. The van der Waals surface area contributed by atoms with E-state index in [4.69, 9.17) is 15.6 Å². The molecule has 0 aliphatic carbocycles. The van der Waals surface area contributed by atoms with Gasteiger partial charge < -0.3 is 15.6 Å². The molecular weight excluding hydrogens is 224 g/mol. The SMILES string of the molecule is NC(=O)NC(=O)COc1ccccc1CCO. The fourth-order valence-electron chi connectivity index (χ4n) is 1.29. The van der Waals surface area contributed by atoms with E-state index in [2.05, 4.69) is 0 Å². The van der Waals surface area contributed by atoms with E-state index in [0.29, 0.717) is 12.2 Å². The molecule has 0 aliphatic rings. The van der Waals surface area contributed by atoms with Crippen LogP contribution in [-0.2, 0) is 11.2 Å². The highest BCUT2D eigenvalue weighted by Gasteiger charge is 2.07. The van der Waals surface area contributed by atoms with Crippen molar-refractivity contribution < 1.29 is 19.4 Å². The number of nitrogens with two attached hydrogens (primary N) is 1. The monoisotopic (exact) mass is 238 g/mol. The molecule has 0 spiro atoms. The van der Waals surface area contributed by atoms with Gasteiger partial charge in [0, 0.05) is 6.61 Å². The molecule has 92 valence electrons. The molecule has 1 rings (SSSR count). The smallest absolute Gasteiger partial charge is 0.318 e. The van der Waals surface area contributed by atoms with Crippen molar-refractivity contribution in [1.29, 1.82) is 0 Å². The van der Waals surface area contributed by atoms with Gasteiger partial charge in [0.05, 0.1) is 0 Å². The Morgan fingerprint density at radius 2 is 2.06 bits per heavy atom. The number of carbonyl (C=O) groups is 2. The Morgan fingerprint density at radius 3 is 2.71 bits per heavy atom. The number of hydrogen-bond donors (Lipinski definition) is 3. The molecule has 6 heteroatoms. The van der Waals surface area contributed by atoms with Gasteiger partial charge in [-0.2, -0.15) is 0 Å². The summed E-state index contributed by atoms with van der Waals surface area (Å²) in [5.41, 5.74) is 5.57. The molecule has 0 aromatic heterocycles. The minimum Gasteiger partial charge on any atom is -0.483 e. The molecule has 4 N–H and O–H groups in total. The van der Waals surface area contributed by atoms with E-state index in [-0.39, 0.29) is 13.2 Å². The lowest BCUT2D eigenvalue weighted by molar-refractivity contribution is -0.121. The molecule has 3 amide bonds. The highest BCUT2D eigenvalue weighted by molar-refractivity contribution is 5.94. The van der Waals surface area contributed by atoms with Crippen LogP contribution in [0.3, 0.4) is 0 Å². The Labute approximate surface area is 98.4 Å². The van der Waals surface area contributed by atoms with Crippen molar-refractivity contribution in [3.05, 3.63) is 29.8 Å². The number of carbonyl (C=O) groups excluding carboxylic acids is 2. The van der Waals surface area contributed by atoms with Crippen LogP contribution >= 0.6 is 0 Å². The van der Waals surface area contributed by atoms with Gasteiger partial charge in [0.25, 0.3) is 5.91 Å². The Hall–Kier alpha value is -2.08. The van der Waals surface area contributed by atoms with Gasteiger partial charge in [-0.1, -0.05) is 18.2 Å². The molecule has 6 nitrogen and oxygen atoms in total. The number of primary amides is 1. The zero-order valence-corrected chi connectivity index (χ0v) is 9.18. The zero-order chi connectivity index (χ0) is 12.7. The molecule has 0 saturated heterocycles. The van der Waals surface area contributed by atoms with E-state index in [1.54, 1.807) is 24.3 Å². The number of benzene rings is 1. The van der Waals surface area contributed by atoms with Crippen LogP contribution in [0.15, 0.2) is 24.3 Å². The Bertz CT molecular complexity index is 406. The number of para-hydroxylation sites is 1. The maximum Gasteiger partial charge on any atom is 0.318 e. The molecule has 0 bridgehead atoms. The second kappa shape index (κ2) is 6.49. The number of aliphatic hydroxyl groups excluding tert-OH is 1. The fraction of sp³-hybridized carbons (Fsp3) is 0.273. The van der Waals surface area contributed by atoms with Gasteiger partial charge in [-0.05, 0) is 18.1 Å². The second-order valence-electron chi connectivity index (χ2n) is 3.28. The number of amides is 3. The van der Waals surface area contributed by atoms with E-state index in [1.807, 2.05) is 5.32 Å². The van der Waals surface area contributed by atoms with Gasteiger partial charge in [0.1, 0.15) is 5.75 Å². The van der Waals surface area contributed by atoms with Crippen LogP contribution in [-0.4, -0.2) is 30.3 Å². The molecule has 0 radical (unpaired) electrons. The van der Waals surface area contributed by atoms with Crippen LogP contribution in [0.5, 0.6) is 5.75 Å². The standard InChI is InChI=1S/C11H14N2O4/c12-11(16)13-10(15)7-17-9-4-2-1-3-8(9)5-6-14/h1-4,14H,5-7H2,(H3,12,13,15,16). The quantitative estimate of drug-likeness (QED) is 0.660. The fourth-order valence-corrected chi connectivity index (χ4v) is 1.29. The van der Waals surface area contributed by atoms with Crippen molar-refractivity contribution in [1.82, 2.24) is 5.32 Å². The minimum absolute atomic E-state index is 0.00610. The summed E-state index contributed by atoms with van der Waals surface area (Å²) in [5, 5.41) is 10.7. The first-order valence-electron chi connectivity index (χ1n) is 5.04. The number of aliphatic hydroxyl groups is 1. The lowest BCUT2D eigenvalue weighted by Crippen LogP contribution is -2.38. The Morgan fingerprint density at radius 1 is 1.35 bits per heavy atom. The summed E-state index contributed by atoms with van der Waals surface area (Å²) in [4.78, 5) is 21.5. The van der Waals surface area contributed by atoms with Crippen molar-refractivity contribution in [2.45, 2.75) is 6.42 Å². The topological polar surface area (TPSA) is 102 Å². The summed E-state index contributed by atoms with van der Waals surface area (Å²) >= 11 is 0. The summed E-state index contributed by atoms with van der Waals surface area (Å²) < 4.78 is 5.22. The van der Waals surface area contributed by atoms with E-state index < -0.39 is 11.9 Å². The maximum absolute atomic E-state index is 11.1. The van der Waals surface area contributed by atoms with E-state index in [9.17, 15) is 9.59 Å². The minimum atomic E-state index is -0.915. The number of ether oxygens (including phenoxy) is 1. The van der Waals surface area contributed by atoms with Crippen LogP contribution in [0.4, 0.5) is 4.79 Å². The molecule has 0 aliphatic heterocycles. The summed E-state index contributed by atoms with van der Waals surface area (Å²) in [6.45, 7) is -0.306. The molecule has 1 aromatic rings. The zero-order valence-electron chi connectivity index (χ0n) is 9.18. The van der Waals surface area contributed by atoms with E-state index in [1.165, 1.54) is 0 Å². The molecule has 0 fully saturated rings. The number of nitrogens with one attached hydrogen (secondary N) is 1. The largest absolute Gasteiger partial charge is 0.483 e. The van der Waals surface area contributed by atoms with Gasteiger partial charge in [-0.15, -0.1) is 0 Å². The molecule has 0 saturated carbocycles. The third-order valence-corrected chi connectivity index (χ3v) is 1.98. The molecule has 17 heavy (non-hydrogen) atoms. The molecule has 0 unspecified atom stereocenters. The van der Waals surface area contributed by atoms with Crippen molar-refractivity contribution >= 4 is 11.9 Å². The van der Waals surface area contributed by atoms with Crippen LogP contribution < -0.4 is 15.8 Å².